The minimum absolute atomic E-state index is 0.106. The van der Waals surface area contributed by atoms with Crippen molar-refractivity contribution in [1.82, 2.24) is 20.2 Å². The van der Waals surface area contributed by atoms with E-state index in [0.29, 0.717) is 22.8 Å². The number of H-pyrrole nitrogens is 1. The number of hydrogen-bond acceptors (Lipinski definition) is 5. The van der Waals surface area contributed by atoms with Crippen molar-refractivity contribution < 1.29 is 23.8 Å². The fourth-order valence-corrected chi connectivity index (χ4v) is 3.68. The number of carbonyl (C=O) groups is 2. The molecule has 0 saturated carbocycles. The molecule has 1 aliphatic rings. The van der Waals surface area contributed by atoms with Gasteiger partial charge in [0.2, 0.25) is 0 Å². The zero-order valence-corrected chi connectivity index (χ0v) is 17.8. The molecule has 2 heterocycles. The smallest absolute Gasteiger partial charge is 0.325 e. The summed E-state index contributed by atoms with van der Waals surface area (Å²) in [4.78, 5) is 33.9. The quantitative estimate of drug-likeness (QED) is 0.469. The Bertz CT molecular complexity index is 1150. The average molecular weight is 459 g/mol. The first kappa shape index (κ1) is 21.8. The first-order chi connectivity index (χ1) is 15.4. The van der Waals surface area contributed by atoms with Crippen LogP contribution in [0.1, 0.15) is 30.4 Å². The van der Waals surface area contributed by atoms with Crippen molar-refractivity contribution in [2.24, 2.45) is 0 Å². The van der Waals surface area contributed by atoms with Crippen molar-refractivity contribution in [3.05, 3.63) is 70.9 Å². The van der Waals surface area contributed by atoms with Crippen LogP contribution in [0.4, 0.5) is 9.18 Å². The first-order valence-electron chi connectivity index (χ1n) is 9.86. The maximum Gasteiger partial charge on any atom is 0.325 e. The molecule has 1 aliphatic heterocycles. The summed E-state index contributed by atoms with van der Waals surface area (Å²) in [6.07, 6.45) is 1.44. The number of rotatable bonds is 7. The van der Waals surface area contributed by atoms with Crippen LogP contribution in [0, 0.1) is 5.82 Å². The van der Waals surface area contributed by atoms with Gasteiger partial charge in [0.1, 0.15) is 30.0 Å². The number of benzene rings is 2. The van der Waals surface area contributed by atoms with Crippen molar-refractivity contribution in [1.29, 1.82) is 0 Å². The third-order valence-electron chi connectivity index (χ3n) is 5.14. The number of hydrogen-bond donors (Lipinski definition) is 3. The summed E-state index contributed by atoms with van der Waals surface area (Å²) in [5, 5.41) is 11.8. The summed E-state index contributed by atoms with van der Waals surface area (Å²) in [7, 11) is 0. The number of aliphatic hydroxyl groups excluding tert-OH is 1. The zero-order valence-electron chi connectivity index (χ0n) is 17.0. The topological polar surface area (TPSA) is 108 Å². The number of imide groups is 1. The van der Waals surface area contributed by atoms with Gasteiger partial charge in [-0.2, -0.15) is 0 Å². The Balaban J connectivity index is 1.52. The lowest BCUT2D eigenvalue weighted by Gasteiger charge is -2.19. The number of carbonyl (C=O) groups excluding carboxylic acids is 2. The zero-order chi connectivity index (χ0) is 22.8. The largest absolute Gasteiger partial charge is 0.491 e. The Morgan fingerprint density at radius 2 is 2.00 bits per heavy atom. The van der Waals surface area contributed by atoms with Crippen molar-refractivity contribution in [2.45, 2.75) is 19.0 Å². The molecule has 32 heavy (non-hydrogen) atoms. The van der Waals surface area contributed by atoms with Crippen LogP contribution in [0.3, 0.4) is 0 Å². The van der Waals surface area contributed by atoms with E-state index >= 15 is 0 Å². The third-order valence-corrected chi connectivity index (χ3v) is 5.38. The molecule has 0 radical (unpaired) electrons. The van der Waals surface area contributed by atoms with E-state index in [-0.39, 0.29) is 23.8 Å². The predicted octanol–water partition coefficient (Wildman–Crippen LogP) is 3.59. The summed E-state index contributed by atoms with van der Waals surface area (Å²) in [5.41, 5.74) is 1.28. The van der Waals surface area contributed by atoms with Gasteiger partial charge in [0.05, 0.1) is 24.5 Å². The molecule has 0 bridgehead atoms. The lowest BCUT2D eigenvalue weighted by atomic mass is 10.1. The predicted molar refractivity (Wildman–Crippen MR) is 115 cm³/mol. The maximum absolute atomic E-state index is 14.2. The molecule has 166 valence electrons. The van der Waals surface area contributed by atoms with Crippen molar-refractivity contribution >= 4 is 23.5 Å². The SMILES string of the molecule is C[C@@H](c1ncc(-c2ccc(Cl)cc2F)[nH]1)N1C(=O)NC(c2ccc(OCCO)cc2)C1=O. The summed E-state index contributed by atoms with van der Waals surface area (Å²) in [6.45, 7) is 1.71. The van der Waals surface area contributed by atoms with Crippen LogP contribution in [0.15, 0.2) is 48.7 Å². The second-order valence-electron chi connectivity index (χ2n) is 7.21. The summed E-state index contributed by atoms with van der Waals surface area (Å²) >= 11 is 5.80. The molecule has 3 amide bonds. The van der Waals surface area contributed by atoms with Crippen LogP contribution in [-0.4, -0.2) is 45.1 Å². The molecule has 8 nitrogen and oxygen atoms in total. The highest BCUT2D eigenvalue weighted by Crippen LogP contribution is 2.31. The van der Waals surface area contributed by atoms with Gasteiger partial charge in [-0.25, -0.2) is 14.2 Å². The Morgan fingerprint density at radius 3 is 2.69 bits per heavy atom. The Morgan fingerprint density at radius 1 is 1.25 bits per heavy atom. The van der Waals surface area contributed by atoms with Crippen LogP contribution in [0.2, 0.25) is 5.02 Å². The highest BCUT2D eigenvalue weighted by molar-refractivity contribution is 6.30. The Hall–Kier alpha value is -3.43. The van der Waals surface area contributed by atoms with Gasteiger partial charge in [0.15, 0.2) is 0 Å². The van der Waals surface area contributed by atoms with Gasteiger partial charge >= 0.3 is 6.03 Å². The molecule has 3 aromatic rings. The molecule has 0 aliphatic carbocycles. The van der Waals surface area contributed by atoms with E-state index in [1.807, 2.05) is 0 Å². The fraction of sp³-hybridized carbons (Fsp3) is 0.227. The van der Waals surface area contributed by atoms with Gasteiger partial charge in [0.25, 0.3) is 5.91 Å². The monoisotopic (exact) mass is 458 g/mol. The van der Waals surface area contributed by atoms with Crippen molar-refractivity contribution in [2.75, 3.05) is 13.2 Å². The van der Waals surface area contributed by atoms with E-state index in [0.717, 1.165) is 4.90 Å². The number of imidazole rings is 1. The molecule has 4 rings (SSSR count). The maximum atomic E-state index is 14.2. The molecular formula is C22H20ClFN4O4. The lowest BCUT2D eigenvalue weighted by molar-refractivity contribution is -0.129. The van der Waals surface area contributed by atoms with Gasteiger partial charge in [-0.05, 0) is 42.8 Å². The van der Waals surface area contributed by atoms with E-state index in [1.165, 1.54) is 18.3 Å². The minimum atomic E-state index is -0.847. The van der Waals surface area contributed by atoms with Crippen molar-refractivity contribution in [3.8, 4) is 17.0 Å². The van der Waals surface area contributed by atoms with Crippen molar-refractivity contribution in [3.63, 3.8) is 0 Å². The van der Waals surface area contributed by atoms with E-state index in [4.69, 9.17) is 21.4 Å². The van der Waals surface area contributed by atoms with Gasteiger partial charge in [-0.3, -0.25) is 9.69 Å². The number of urea groups is 1. The number of halogens is 2. The molecule has 0 spiro atoms. The minimum Gasteiger partial charge on any atom is -0.491 e. The highest BCUT2D eigenvalue weighted by Gasteiger charge is 2.42. The second kappa shape index (κ2) is 8.97. The molecule has 2 atom stereocenters. The number of amides is 3. The molecule has 3 N–H and O–H groups in total. The highest BCUT2D eigenvalue weighted by atomic mass is 35.5. The number of nitrogens with one attached hydrogen (secondary N) is 2. The van der Waals surface area contributed by atoms with Crippen LogP contribution >= 0.6 is 11.6 Å². The van der Waals surface area contributed by atoms with Gasteiger partial charge in [0, 0.05) is 10.6 Å². The second-order valence-corrected chi connectivity index (χ2v) is 7.65. The van der Waals surface area contributed by atoms with E-state index in [2.05, 4.69) is 15.3 Å². The Labute approximate surface area is 188 Å². The number of ether oxygens (including phenoxy) is 1. The Kier molecular flexibility index (Phi) is 6.11. The third kappa shape index (κ3) is 4.17. The number of aromatic amines is 1. The fourth-order valence-electron chi connectivity index (χ4n) is 3.52. The van der Waals surface area contributed by atoms with Gasteiger partial charge in [-0.1, -0.05) is 23.7 Å². The molecule has 10 heteroatoms. The molecule has 1 unspecified atom stereocenters. The van der Waals surface area contributed by atoms with Gasteiger partial charge < -0.3 is 20.1 Å². The van der Waals surface area contributed by atoms with Crippen LogP contribution in [0.5, 0.6) is 5.75 Å². The van der Waals surface area contributed by atoms with Crippen LogP contribution in [-0.2, 0) is 4.79 Å². The summed E-state index contributed by atoms with van der Waals surface area (Å²) in [6, 6.07) is 8.86. The van der Waals surface area contributed by atoms with E-state index in [1.54, 1.807) is 37.3 Å². The normalized spacial score (nSPS) is 16.9. The van der Waals surface area contributed by atoms with Crippen LogP contribution in [0.25, 0.3) is 11.3 Å². The van der Waals surface area contributed by atoms with Crippen LogP contribution < -0.4 is 10.1 Å². The number of aliphatic hydroxyl groups is 1. The molecule has 1 fully saturated rings. The molecule has 1 saturated heterocycles. The summed E-state index contributed by atoms with van der Waals surface area (Å²) < 4.78 is 19.5. The standard InChI is InChI=1S/C22H20ClFN4O4/c1-12(20-25-11-18(26-20)16-7-4-14(23)10-17(16)24)28-21(30)19(27-22(28)31)13-2-5-15(6-3-13)32-9-8-29/h2-7,10-12,19,29H,8-9H2,1H3,(H,25,26)(H,27,31)/t12-,19?/m0/s1. The van der Waals surface area contributed by atoms with E-state index in [9.17, 15) is 14.0 Å². The molecular weight excluding hydrogens is 439 g/mol. The molecule has 2 aromatic carbocycles. The molecule has 1 aromatic heterocycles. The van der Waals surface area contributed by atoms with E-state index < -0.39 is 29.8 Å². The number of aromatic nitrogens is 2. The van der Waals surface area contributed by atoms with Gasteiger partial charge in [-0.15, -0.1) is 0 Å². The first-order valence-corrected chi connectivity index (χ1v) is 10.2. The lowest BCUT2D eigenvalue weighted by Crippen LogP contribution is -2.34. The summed E-state index contributed by atoms with van der Waals surface area (Å²) in [5.74, 6) is -0.0578. The average Bonchev–Trinajstić information content (AvgIpc) is 3.37. The number of nitrogens with zero attached hydrogens (tertiary/aromatic N) is 2.